The van der Waals surface area contributed by atoms with E-state index >= 15 is 0 Å². The summed E-state index contributed by atoms with van der Waals surface area (Å²) in [7, 11) is -3.43. The Kier molecular flexibility index (Phi) is 5.00. The zero-order valence-corrected chi connectivity index (χ0v) is 9.63. The molecule has 0 fully saturated rings. The molecule has 0 saturated carbocycles. The molecule has 0 saturated heterocycles. The maximum Gasteiger partial charge on any atom is 0.212 e. The van der Waals surface area contributed by atoms with Crippen molar-refractivity contribution >= 4 is 10.0 Å². The fourth-order valence-electron chi connectivity index (χ4n) is 0.970. The van der Waals surface area contributed by atoms with Gasteiger partial charge in [0.05, 0.1) is 24.5 Å². The standard InChI is InChI=1S/C8H19NO4S/c1-7(2)4-14(12,13)9-8(3,5-10)6-11/h7,9-11H,4-6H2,1-3H3. The molecule has 6 heteroatoms. The molecular weight excluding hydrogens is 206 g/mol. The molecule has 0 atom stereocenters. The van der Waals surface area contributed by atoms with Crippen LogP contribution < -0.4 is 4.72 Å². The van der Waals surface area contributed by atoms with Gasteiger partial charge < -0.3 is 10.2 Å². The van der Waals surface area contributed by atoms with Crippen molar-refractivity contribution in [2.45, 2.75) is 26.3 Å². The van der Waals surface area contributed by atoms with Crippen LogP contribution in [0.3, 0.4) is 0 Å². The lowest BCUT2D eigenvalue weighted by Gasteiger charge is -2.26. The summed E-state index contributed by atoms with van der Waals surface area (Å²) in [4.78, 5) is 0. The van der Waals surface area contributed by atoms with Crippen molar-refractivity contribution in [3.63, 3.8) is 0 Å². The van der Waals surface area contributed by atoms with Gasteiger partial charge in [-0.25, -0.2) is 13.1 Å². The Bertz CT molecular complexity index is 257. The van der Waals surface area contributed by atoms with Crippen LogP contribution in [0.25, 0.3) is 0 Å². The second-order valence-electron chi connectivity index (χ2n) is 4.15. The Labute approximate surface area is 85.2 Å². The minimum absolute atomic E-state index is 0.00846. The number of sulfonamides is 1. The summed E-state index contributed by atoms with van der Waals surface area (Å²) < 4.78 is 25.2. The third kappa shape index (κ3) is 4.90. The maximum absolute atomic E-state index is 11.4. The third-order valence-electron chi connectivity index (χ3n) is 1.65. The summed E-state index contributed by atoms with van der Waals surface area (Å²) in [5, 5.41) is 17.8. The van der Waals surface area contributed by atoms with E-state index in [9.17, 15) is 8.42 Å². The molecule has 0 rings (SSSR count). The van der Waals surface area contributed by atoms with E-state index in [-0.39, 0.29) is 11.7 Å². The molecule has 0 amide bonds. The van der Waals surface area contributed by atoms with E-state index in [0.717, 1.165) is 0 Å². The lowest BCUT2D eigenvalue weighted by Crippen LogP contribution is -2.52. The quantitative estimate of drug-likeness (QED) is 0.558. The summed E-state index contributed by atoms with van der Waals surface area (Å²) in [6.45, 7) is 4.16. The Morgan fingerprint density at radius 2 is 1.71 bits per heavy atom. The van der Waals surface area contributed by atoms with E-state index in [1.807, 2.05) is 0 Å². The van der Waals surface area contributed by atoms with E-state index in [1.54, 1.807) is 13.8 Å². The zero-order valence-electron chi connectivity index (χ0n) is 8.82. The molecule has 0 spiro atoms. The van der Waals surface area contributed by atoms with Gasteiger partial charge in [-0.1, -0.05) is 13.8 Å². The van der Waals surface area contributed by atoms with Gasteiger partial charge in [0.1, 0.15) is 0 Å². The van der Waals surface area contributed by atoms with E-state index in [4.69, 9.17) is 10.2 Å². The van der Waals surface area contributed by atoms with Gasteiger partial charge in [-0.15, -0.1) is 0 Å². The molecule has 0 aliphatic heterocycles. The summed E-state index contributed by atoms with van der Waals surface area (Å²) in [6.07, 6.45) is 0. The topological polar surface area (TPSA) is 86.6 Å². The molecular formula is C8H19NO4S. The second kappa shape index (κ2) is 5.06. The van der Waals surface area contributed by atoms with Crippen LogP contribution in [0.2, 0.25) is 0 Å². The summed E-state index contributed by atoms with van der Waals surface area (Å²) >= 11 is 0. The predicted octanol–water partition coefficient (Wildman–Crippen LogP) is -0.695. The molecule has 86 valence electrons. The number of rotatable bonds is 6. The molecule has 0 aromatic rings. The van der Waals surface area contributed by atoms with Crippen LogP contribution in [0, 0.1) is 5.92 Å². The van der Waals surface area contributed by atoms with Gasteiger partial charge >= 0.3 is 0 Å². The highest BCUT2D eigenvalue weighted by Crippen LogP contribution is 2.06. The summed E-state index contributed by atoms with van der Waals surface area (Å²) in [5.41, 5.74) is -1.17. The number of nitrogens with one attached hydrogen (secondary N) is 1. The maximum atomic E-state index is 11.4. The van der Waals surface area contributed by atoms with Crippen LogP contribution in [-0.4, -0.2) is 43.1 Å². The largest absolute Gasteiger partial charge is 0.394 e. The molecule has 0 aliphatic rings. The van der Waals surface area contributed by atoms with Gasteiger partial charge in [0.25, 0.3) is 0 Å². The van der Waals surface area contributed by atoms with Crippen molar-refractivity contribution in [3.05, 3.63) is 0 Å². The van der Waals surface area contributed by atoms with Crippen molar-refractivity contribution < 1.29 is 18.6 Å². The first-order valence-electron chi connectivity index (χ1n) is 4.48. The van der Waals surface area contributed by atoms with E-state index < -0.39 is 28.8 Å². The molecule has 0 aliphatic carbocycles. The van der Waals surface area contributed by atoms with Crippen LogP contribution in [0.15, 0.2) is 0 Å². The minimum atomic E-state index is -3.43. The zero-order chi connectivity index (χ0) is 11.4. The number of aliphatic hydroxyl groups is 2. The molecule has 0 bridgehead atoms. The first-order chi connectivity index (χ1) is 6.24. The van der Waals surface area contributed by atoms with Crippen LogP contribution in [0.5, 0.6) is 0 Å². The fraction of sp³-hybridized carbons (Fsp3) is 1.00. The molecule has 0 aromatic carbocycles. The van der Waals surface area contributed by atoms with E-state index in [0.29, 0.717) is 0 Å². The SMILES string of the molecule is CC(C)CS(=O)(=O)NC(C)(CO)CO. The monoisotopic (exact) mass is 225 g/mol. The first-order valence-corrected chi connectivity index (χ1v) is 6.13. The highest BCUT2D eigenvalue weighted by molar-refractivity contribution is 7.89. The van der Waals surface area contributed by atoms with Gasteiger partial charge in [0.2, 0.25) is 10.0 Å². The van der Waals surface area contributed by atoms with Crippen molar-refractivity contribution in [3.8, 4) is 0 Å². The average Bonchev–Trinajstić information content (AvgIpc) is 2.01. The fourth-order valence-corrected chi connectivity index (χ4v) is 2.81. The molecule has 0 heterocycles. The smallest absolute Gasteiger partial charge is 0.212 e. The van der Waals surface area contributed by atoms with Crippen molar-refractivity contribution in [1.82, 2.24) is 4.72 Å². The van der Waals surface area contributed by atoms with Crippen LogP contribution in [0.1, 0.15) is 20.8 Å². The second-order valence-corrected chi connectivity index (χ2v) is 5.92. The summed E-state index contributed by atoms with van der Waals surface area (Å²) in [5.74, 6) is -0.00286. The Morgan fingerprint density at radius 3 is 2.00 bits per heavy atom. The van der Waals surface area contributed by atoms with E-state index in [1.165, 1.54) is 6.92 Å². The highest BCUT2D eigenvalue weighted by Gasteiger charge is 2.28. The van der Waals surface area contributed by atoms with Gasteiger partial charge in [-0.05, 0) is 12.8 Å². The van der Waals surface area contributed by atoms with E-state index in [2.05, 4.69) is 4.72 Å². The number of hydrogen-bond acceptors (Lipinski definition) is 4. The third-order valence-corrected chi connectivity index (χ3v) is 3.56. The lowest BCUT2D eigenvalue weighted by atomic mass is 10.1. The number of aliphatic hydroxyl groups excluding tert-OH is 2. The minimum Gasteiger partial charge on any atom is -0.394 e. The van der Waals surface area contributed by atoms with Crippen LogP contribution >= 0.6 is 0 Å². The molecule has 0 radical (unpaired) electrons. The highest BCUT2D eigenvalue weighted by atomic mass is 32.2. The van der Waals surface area contributed by atoms with Gasteiger partial charge in [0, 0.05) is 0 Å². The Morgan fingerprint density at radius 1 is 1.29 bits per heavy atom. The van der Waals surface area contributed by atoms with Gasteiger partial charge in [-0.2, -0.15) is 0 Å². The molecule has 0 unspecified atom stereocenters. The Hall–Kier alpha value is -0.170. The van der Waals surface area contributed by atoms with Crippen molar-refractivity contribution in [1.29, 1.82) is 0 Å². The van der Waals surface area contributed by atoms with Gasteiger partial charge in [0.15, 0.2) is 0 Å². The van der Waals surface area contributed by atoms with Crippen molar-refractivity contribution in [2.75, 3.05) is 19.0 Å². The average molecular weight is 225 g/mol. The first kappa shape index (κ1) is 13.8. The normalized spacial score (nSPS) is 13.6. The van der Waals surface area contributed by atoms with Gasteiger partial charge in [-0.3, -0.25) is 0 Å². The van der Waals surface area contributed by atoms with Crippen LogP contribution in [0.4, 0.5) is 0 Å². The van der Waals surface area contributed by atoms with Crippen LogP contribution in [-0.2, 0) is 10.0 Å². The number of hydrogen-bond donors (Lipinski definition) is 3. The molecule has 14 heavy (non-hydrogen) atoms. The Balaban J connectivity index is 4.49. The predicted molar refractivity (Wildman–Crippen MR) is 54.3 cm³/mol. The molecule has 5 nitrogen and oxygen atoms in total. The summed E-state index contributed by atoms with van der Waals surface area (Å²) in [6, 6.07) is 0. The molecule has 0 aromatic heterocycles. The molecule has 3 N–H and O–H groups in total. The lowest BCUT2D eigenvalue weighted by molar-refractivity contribution is 0.121. The van der Waals surface area contributed by atoms with Crippen molar-refractivity contribution in [2.24, 2.45) is 5.92 Å².